The molecule has 3 fully saturated rings. The number of hydrogen-bond acceptors (Lipinski definition) is 4. The summed E-state index contributed by atoms with van der Waals surface area (Å²) in [6.07, 6.45) is 4.51. The molecule has 190 valence electrons. The molecule has 2 spiro atoms. The molecule has 2 heterocycles. The van der Waals surface area contributed by atoms with Crippen molar-refractivity contribution >= 4 is 40.7 Å². The van der Waals surface area contributed by atoms with E-state index in [9.17, 15) is 14.7 Å². The molecule has 4 aliphatic rings. The summed E-state index contributed by atoms with van der Waals surface area (Å²) < 4.78 is 15.7. The SMILES string of the molecule is O=C(N[C@H]1CC[C@H](O)CC1)[C@@H]1NC2(CCC2)[C@@]2(C(=O)Nc3cc(Cl)ccc32)[C@H]1c1cccc(Cl)c1F. The summed E-state index contributed by atoms with van der Waals surface area (Å²) in [4.78, 5) is 27.9. The van der Waals surface area contributed by atoms with Crippen LogP contribution >= 0.6 is 23.2 Å². The van der Waals surface area contributed by atoms with Gasteiger partial charge in [-0.2, -0.15) is 0 Å². The average Bonchev–Trinajstić information content (AvgIpc) is 3.30. The van der Waals surface area contributed by atoms with E-state index in [-0.39, 0.29) is 34.5 Å². The molecule has 6 nitrogen and oxygen atoms in total. The second-order valence-corrected chi connectivity index (χ2v) is 11.5. The quantitative estimate of drug-likeness (QED) is 0.471. The molecule has 36 heavy (non-hydrogen) atoms. The molecule has 2 saturated carbocycles. The van der Waals surface area contributed by atoms with Crippen LogP contribution in [0.1, 0.15) is 62.0 Å². The van der Waals surface area contributed by atoms with Gasteiger partial charge in [0.15, 0.2) is 0 Å². The topological polar surface area (TPSA) is 90.5 Å². The molecule has 2 aromatic rings. The Morgan fingerprint density at radius 2 is 1.86 bits per heavy atom. The molecule has 0 radical (unpaired) electrons. The monoisotopic (exact) mass is 531 g/mol. The highest BCUT2D eigenvalue weighted by Gasteiger charge is 2.74. The summed E-state index contributed by atoms with van der Waals surface area (Å²) in [5.41, 5.74) is -0.349. The van der Waals surface area contributed by atoms with Gasteiger partial charge >= 0.3 is 0 Å². The summed E-state index contributed by atoms with van der Waals surface area (Å²) in [7, 11) is 0. The highest BCUT2D eigenvalue weighted by molar-refractivity contribution is 6.31. The number of rotatable bonds is 3. The smallest absolute Gasteiger partial charge is 0.238 e. The Bertz CT molecular complexity index is 1240. The number of fused-ring (bicyclic) bond motifs is 3. The van der Waals surface area contributed by atoms with Gasteiger partial charge in [0.25, 0.3) is 0 Å². The normalized spacial score (nSPS) is 32.3. The van der Waals surface area contributed by atoms with Crippen LogP contribution in [0.4, 0.5) is 10.1 Å². The number of aliphatic hydroxyl groups is 1. The predicted octanol–water partition coefficient (Wildman–Crippen LogP) is 4.42. The van der Waals surface area contributed by atoms with E-state index < -0.39 is 28.7 Å². The first-order valence-electron chi connectivity index (χ1n) is 12.6. The fraction of sp³-hybridized carbons (Fsp3) is 0.481. The molecule has 1 saturated heterocycles. The van der Waals surface area contributed by atoms with E-state index in [1.807, 2.05) is 6.07 Å². The fourth-order valence-corrected chi connectivity index (χ4v) is 7.46. The molecule has 4 N–H and O–H groups in total. The Labute approximate surface area is 218 Å². The summed E-state index contributed by atoms with van der Waals surface area (Å²) in [5, 5.41) is 20.0. The number of hydrogen-bond donors (Lipinski definition) is 4. The van der Waals surface area contributed by atoms with E-state index >= 15 is 4.39 Å². The Morgan fingerprint density at radius 1 is 1.11 bits per heavy atom. The predicted molar refractivity (Wildman–Crippen MR) is 136 cm³/mol. The van der Waals surface area contributed by atoms with E-state index in [0.29, 0.717) is 49.2 Å². The first-order valence-corrected chi connectivity index (χ1v) is 13.3. The number of nitrogens with one attached hydrogen (secondary N) is 3. The van der Waals surface area contributed by atoms with Gasteiger partial charge in [0, 0.05) is 28.2 Å². The Hall–Kier alpha value is -2.19. The van der Waals surface area contributed by atoms with Crippen LogP contribution < -0.4 is 16.0 Å². The fourth-order valence-electron chi connectivity index (χ4n) is 7.10. The summed E-state index contributed by atoms with van der Waals surface area (Å²) >= 11 is 12.5. The molecule has 0 aromatic heterocycles. The van der Waals surface area contributed by atoms with Crippen LogP contribution in [-0.4, -0.2) is 40.6 Å². The van der Waals surface area contributed by atoms with Crippen molar-refractivity contribution in [3.63, 3.8) is 0 Å². The number of carbonyl (C=O) groups is 2. The molecular weight excluding hydrogens is 504 g/mol. The van der Waals surface area contributed by atoms with Crippen molar-refractivity contribution in [2.24, 2.45) is 0 Å². The van der Waals surface area contributed by atoms with Crippen molar-refractivity contribution in [1.29, 1.82) is 0 Å². The molecule has 0 bridgehead atoms. The van der Waals surface area contributed by atoms with Crippen molar-refractivity contribution in [1.82, 2.24) is 10.6 Å². The lowest BCUT2D eigenvalue weighted by atomic mass is 9.53. The number of benzene rings is 2. The molecule has 2 amide bonds. The van der Waals surface area contributed by atoms with Crippen molar-refractivity contribution in [2.75, 3.05) is 5.32 Å². The van der Waals surface area contributed by atoms with Gasteiger partial charge in [-0.3, -0.25) is 14.9 Å². The van der Waals surface area contributed by atoms with Crippen LogP contribution in [0.3, 0.4) is 0 Å². The zero-order valence-electron chi connectivity index (χ0n) is 19.6. The number of halogens is 3. The maximum Gasteiger partial charge on any atom is 0.238 e. The van der Waals surface area contributed by atoms with Gasteiger partial charge in [-0.05, 0) is 74.3 Å². The van der Waals surface area contributed by atoms with Gasteiger partial charge in [-0.1, -0.05) is 41.4 Å². The number of anilines is 1. The van der Waals surface area contributed by atoms with Gasteiger partial charge in [0.1, 0.15) is 11.2 Å². The summed E-state index contributed by atoms with van der Waals surface area (Å²) in [5.74, 6) is -1.96. The highest BCUT2D eigenvalue weighted by Crippen LogP contribution is 2.64. The third-order valence-electron chi connectivity index (χ3n) is 8.85. The largest absolute Gasteiger partial charge is 0.393 e. The first-order chi connectivity index (χ1) is 17.3. The van der Waals surface area contributed by atoms with Gasteiger partial charge < -0.3 is 15.7 Å². The molecule has 2 aliphatic carbocycles. The first kappa shape index (κ1) is 24.2. The van der Waals surface area contributed by atoms with Crippen LogP contribution in [0.5, 0.6) is 0 Å². The van der Waals surface area contributed by atoms with Gasteiger partial charge in [-0.25, -0.2) is 4.39 Å². The molecule has 9 heteroatoms. The van der Waals surface area contributed by atoms with Crippen LogP contribution in [0.15, 0.2) is 36.4 Å². The second kappa shape index (κ2) is 8.69. The third-order valence-corrected chi connectivity index (χ3v) is 9.38. The maximum absolute atomic E-state index is 15.7. The minimum Gasteiger partial charge on any atom is -0.393 e. The van der Waals surface area contributed by atoms with E-state index in [2.05, 4.69) is 16.0 Å². The average molecular weight is 532 g/mol. The Morgan fingerprint density at radius 3 is 2.56 bits per heavy atom. The molecule has 2 aromatic carbocycles. The molecular formula is C27H28Cl2FN3O3. The molecule has 6 rings (SSSR count). The number of aliphatic hydroxyl groups excluding tert-OH is 1. The zero-order valence-corrected chi connectivity index (χ0v) is 21.1. The minimum atomic E-state index is -1.21. The van der Waals surface area contributed by atoms with E-state index in [0.717, 1.165) is 12.0 Å². The van der Waals surface area contributed by atoms with Crippen LogP contribution in [0.25, 0.3) is 0 Å². The number of amides is 2. The lowest BCUT2D eigenvalue weighted by molar-refractivity contribution is -0.125. The van der Waals surface area contributed by atoms with Gasteiger partial charge in [-0.15, -0.1) is 0 Å². The van der Waals surface area contributed by atoms with Gasteiger partial charge in [0.2, 0.25) is 11.8 Å². The maximum atomic E-state index is 15.7. The Balaban J connectivity index is 1.50. The van der Waals surface area contributed by atoms with Crippen LogP contribution in [-0.2, 0) is 15.0 Å². The van der Waals surface area contributed by atoms with Crippen LogP contribution in [0, 0.1) is 5.82 Å². The lowest BCUT2D eigenvalue weighted by Crippen LogP contribution is -2.63. The summed E-state index contributed by atoms with van der Waals surface area (Å²) in [6, 6.07) is 9.11. The van der Waals surface area contributed by atoms with Crippen molar-refractivity contribution in [2.45, 2.75) is 80.0 Å². The minimum absolute atomic E-state index is 0.0487. The van der Waals surface area contributed by atoms with E-state index in [1.54, 1.807) is 24.3 Å². The summed E-state index contributed by atoms with van der Waals surface area (Å²) in [6.45, 7) is 0. The van der Waals surface area contributed by atoms with E-state index in [1.165, 1.54) is 6.07 Å². The third kappa shape index (κ3) is 3.36. The molecule has 0 unspecified atom stereocenters. The highest BCUT2D eigenvalue weighted by atomic mass is 35.5. The zero-order chi connectivity index (χ0) is 25.2. The van der Waals surface area contributed by atoms with Crippen molar-refractivity contribution in [3.8, 4) is 0 Å². The van der Waals surface area contributed by atoms with Crippen molar-refractivity contribution < 1.29 is 19.1 Å². The van der Waals surface area contributed by atoms with E-state index in [4.69, 9.17) is 23.2 Å². The lowest BCUT2D eigenvalue weighted by Gasteiger charge is -2.50. The second-order valence-electron chi connectivity index (χ2n) is 10.6. The van der Waals surface area contributed by atoms with Crippen LogP contribution in [0.2, 0.25) is 10.0 Å². The Kier molecular flexibility index (Phi) is 5.83. The number of carbonyl (C=O) groups excluding carboxylic acids is 2. The molecule has 3 atom stereocenters. The standard InChI is InChI=1S/C27H28Cl2FN3O3/c28-14-5-10-18-20(13-14)32-25(36)27(18)21(17-3-1-4-19(29)22(17)30)23(33-26(27)11-2-12-26)24(35)31-15-6-8-16(34)9-7-15/h1,3-5,10,13,15-16,21,23,33-34H,2,6-9,11-12H2,(H,31,35)(H,32,36)/t15-,16-,21-,23+,27+/m0/s1. The van der Waals surface area contributed by atoms with Gasteiger partial charge in [0.05, 0.1) is 17.2 Å². The molecule has 2 aliphatic heterocycles. The van der Waals surface area contributed by atoms with Crippen molar-refractivity contribution in [3.05, 3.63) is 63.4 Å².